The van der Waals surface area contributed by atoms with Gasteiger partial charge in [0.2, 0.25) is 10.0 Å². The van der Waals surface area contributed by atoms with E-state index in [0.717, 1.165) is 5.56 Å². The van der Waals surface area contributed by atoms with E-state index in [2.05, 4.69) is 15.4 Å². The van der Waals surface area contributed by atoms with E-state index in [9.17, 15) is 13.2 Å². The van der Waals surface area contributed by atoms with Gasteiger partial charge in [0.15, 0.2) is 0 Å². The van der Waals surface area contributed by atoms with E-state index in [1.165, 1.54) is 23.5 Å². The number of thiazole rings is 1. The Hall–Kier alpha value is -2.56. The Kier molecular flexibility index (Phi) is 4.66. The average Bonchev–Trinajstić information content (AvgIpc) is 3.21. The molecule has 3 N–H and O–H groups in total. The third-order valence-corrected chi connectivity index (χ3v) is 5.17. The largest absolute Gasteiger partial charge is 0.347 e. The Morgan fingerprint density at radius 2 is 2.20 bits per heavy atom. The van der Waals surface area contributed by atoms with Crippen LogP contribution in [0.15, 0.2) is 46.9 Å². The predicted molar refractivity (Wildman–Crippen MR) is 93.3 cm³/mol. The number of carbonyl (C=O) groups is 1. The Morgan fingerprint density at radius 1 is 1.40 bits per heavy atom. The van der Waals surface area contributed by atoms with Crippen molar-refractivity contribution in [2.75, 3.05) is 0 Å². The number of aromatic nitrogens is 3. The molecule has 0 saturated heterocycles. The standard InChI is InChI=1S/C15H15N5O3S2/c1-20-8-11(7-18-20)15-19-13(9-24-15)14(21)17-6-10-3-2-4-12(5-10)25(16,22)23/h2-5,7-9H,6H2,1H3,(H,17,21)(H2,16,22,23). The SMILES string of the molecule is Cn1cc(-c2nc(C(=O)NCc3cccc(S(N)(=O)=O)c3)cs2)cn1. The molecule has 3 rings (SSSR count). The molecule has 1 aromatic carbocycles. The number of nitrogens with two attached hydrogens (primary N) is 1. The van der Waals surface area contributed by atoms with Crippen molar-refractivity contribution in [3.63, 3.8) is 0 Å². The minimum atomic E-state index is -3.77. The first-order chi connectivity index (χ1) is 11.8. The molecule has 8 nitrogen and oxygen atoms in total. The van der Waals surface area contributed by atoms with Gasteiger partial charge >= 0.3 is 0 Å². The van der Waals surface area contributed by atoms with Crippen molar-refractivity contribution in [3.8, 4) is 10.6 Å². The number of benzene rings is 1. The molecule has 0 aliphatic rings. The summed E-state index contributed by atoms with van der Waals surface area (Å²) in [7, 11) is -1.97. The first-order valence-corrected chi connectivity index (χ1v) is 9.60. The summed E-state index contributed by atoms with van der Waals surface area (Å²) in [6, 6.07) is 6.11. The summed E-state index contributed by atoms with van der Waals surface area (Å²) in [6.45, 7) is 0.169. The number of nitrogens with zero attached hydrogens (tertiary/aromatic N) is 3. The van der Waals surface area contributed by atoms with Crippen LogP contribution in [0.1, 0.15) is 16.1 Å². The highest BCUT2D eigenvalue weighted by molar-refractivity contribution is 7.89. The molecular formula is C15H15N5O3S2. The van der Waals surface area contributed by atoms with E-state index >= 15 is 0 Å². The zero-order chi connectivity index (χ0) is 18.0. The predicted octanol–water partition coefficient (Wildman–Crippen LogP) is 1.12. The Balaban J connectivity index is 1.68. The molecule has 3 aromatic rings. The van der Waals surface area contributed by atoms with E-state index in [1.807, 2.05) is 6.20 Å². The van der Waals surface area contributed by atoms with Crippen molar-refractivity contribution < 1.29 is 13.2 Å². The van der Waals surface area contributed by atoms with Gasteiger partial charge in [0.05, 0.1) is 11.1 Å². The highest BCUT2D eigenvalue weighted by atomic mass is 32.2. The second-order valence-electron chi connectivity index (χ2n) is 5.32. The van der Waals surface area contributed by atoms with Crippen LogP contribution in [0.3, 0.4) is 0 Å². The van der Waals surface area contributed by atoms with Crippen molar-refractivity contribution in [2.45, 2.75) is 11.4 Å². The summed E-state index contributed by atoms with van der Waals surface area (Å²) < 4.78 is 24.4. The maximum absolute atomic E-state index is 12.2. The molecule has 0 saturated carbocycles. The molecule has 25 heavy (non-hydrogen) atoms. The zero-order valence-electron chi connectivity index (χ0n) is 13.2. The first kappa shape index (κ1) is 17.3. The lowest BCUT2D eigenvalue weighted by Crippen LogP contribution is -2.23. The van der Waals surface area contributed by atoms with Gasteiger partial charge in [0, 0.05) is 30.7 Å². The molecule has 0 bridgehead atoms. The van der Waals surface area contributed by atoms with Gasteiger partial charge in [0.1, 0.15) is 10.7 Å². The summed E-state index contributed by atoms with van der Waals surface area (Å²) in [6.07, 6.45) is 3.50. The van der Waals surface area contributed by atoms with Crippen LogP contribution < -0.4 is 10.5 Å². The van der Waals surface area contributed by atoms with Crippen molar-refractivity contribution in [2.24, 2.45) is 12.2 Å². The molecule has 0 radical (unpaired) electrons. The van der Waals surface area contributed by atoms with E-state index < -0.39 is 10.0 Å². The fraction of sp³-hybridized carbons (Fsp3) is 0.133. The number of amides is 1. The monoisotopic (exact) mass is 377 g/mol. The minimum Gasteiger partial charge on any atom is -0.347 e. The summed E-state index contributed by atoms with van der Waals surface area (Å²) in [5.41, 5.74) is 1.77. The van der Waals surface area contributed by atoms with Crippen molar-refractivity contribution in [3.05, 3.63) is 53.3 Å². The molecule has 0 atom stereocenters. The van der Waals surface area contributed by atoms with Crippen molar-refractivity contribution >= 4 is 27.3 Å². The van der Waals surface area contributed by atoms with Gasteiger partial charge in [-0.1, -0.05) is 12.1 Å². The first-order valence-electron chi connectivity index (χ1n) is 7.17. The van der Waals surface area contributed by atoms with Gasteiger partial charge in [-0.25, -0.2) is 18.5 Å². The van der Waals surface area contributed by atoms with Crippen molar-refractivity contribution in [1.82, 2.24) is 20.1 Å². The molecule has 0 aliphatic carbocycles. The lowest BCUT2D eigenvalue weighted by atomic mass is 10.2. The third-order valence-electron chi connectivity index (χ3n) is 3.37. The van der Waals surface area contributed by atoms with Crippen LogP contribution in [0, 0.1) is 0 Å². The molecule has 130 valence electrons. The highest BCUT2D eigenvalue weighted by Crippen LogP contribution is 2.22. The Labute approximate surface area is 148 Å². The maximum atomic E-state index is 12.2. The molecule has 0 unspecified atom stereocenters. The van der Waals surface area contributed by atoms with Gasteiger partial charge in [-0.15, -0.1) is 11.3 Å². The summed E-state index contributed by atoms with van der Waals surface area (Å²) >= 11 is 1.35. The average molecular weight is 377 g/mol. The van der Waals surface area contributed by atoms with E-state index in [0.29, 0.717) is 16.3 Å². The number of sulfonamides is 1. The molecule has 0 fully saturated rings. The van der Waals surface area contributed by atoms with Gasteiger partial charge in [-0.3, -0.25) is 9.48 Å². The third kappa shape index (κ3) is 4.10. The van der Waals surface area contributed by atoms with Gasteiger partial charge in [-0.05, 0) is 17.7 Å². The van der Waals surface area contributed by atoms with Gasteiger partial charge < -0.3 is 5.32 Å². The molecule has 2 heterocycles. The molecule has 1 amide bonds. The van der Waals surface area contributed by atoms with Crippen LogP contribution in [0.2, 0.25) is 0 Å². The van der Waals surface area contributed by atoms with E-state index in [-0.39, 0.29) is 17.3 Å². The zero-order valence-corrected chi connectivity index (χ0v) is 14.8. The fourth-order valence-corrected chi connectivity index (χ4v) is 3.51. The summed E-state index contributed by atoms with van der Waals surface area (Å²) in [5, 5.41) is 14.3. The maximum Gasteiger partial charge on any atom is 0.271 e. The number of hydrogen-bond donors (Lipinski definition) is 2. The van der Waals surface area contributed by atoms with Crippen LogP contribution in [-0.4, -0.2) is 29.1 Å². The lowest BCUT2D eigenvalue weighted by molar-refractivity contribution is 0.0946. The Morgan fingerprint density at radius 3 is 2.88 bits per heavy atom. The summed E-state index contributed by atoms with van der Waals surface area (Å²) in [5.74, 6) is -0.340. The number of nitrogens with one attached hydrogen (secondary N) is 1. The number of rotatable bonds is 5. The number of aryl methyl sites for hydroxylation is 1. The molecular weight excluding hydrogens is 362 g/mol. The van der Waals surface area contributed by atoms with Crippen LogP contribution in [-0.2, 0) is 23.6 Å². The van der Waals surface area contributed by atoms with E-state index in [4.69, 9.17) is 5.14 Å². The molecule has 0 spiro atoms. The summed E-state index contributed by atoms with van der Waals surface area (Å²) in [4.78, 5) is 16.5. The fourth-order valence-electron chi connectivity index (χ4n) is 2.15. The number of primary sulfonamides is 1. The number of hydrogen-bond acceptors (Lipinski definition) is 6. The second kappa shape index (κ2) is 6.75. The number of carbonyl (C=O) groups excluding carboxylic acids is 1. The normalized spacial score (nSPS) is 11.4. The molecule has 10 heteroatoms. The van der Waals surface area contributed by atoms with Crippen LogP contribution in [0.5, 0.6) is 0 Å². The lowest BCUT2D eigenvalue weighted by Gasteiger charge is -2.05. The molecule has 0 aliphatic heterocycles. The minimum absolute atomic E-state index is 0.00627. The quantitative estimate of drug-likeness (QED) is 0.690. The second-order valence-corrected chi connectivity index (χ2v) is 7.74. The molecule has 2 aromatic heterocycles. The van der Waals surface area contributed by atoms with Gasteiger partial charge in [0.25, 0.3) is 5.91 Å². The van der Waals surface area contributed by atoms with E-state index in [1.54, 1.807) is 35.4 Å². The van der Waals surface area contributed by atoms with Crippen molar-refractivity contribution in [1.29, 1.82) is 0 Å². The van der Waals surface area contributed by atoms with Gasteiger partial charge in [-0.2, -0.15) is 5.10 Å². The van der Waals surface area contributed by atoms with Crippen LogP contribution in [0.25, 0.3) is 10.6 Å². The van der Waals surface area contributed by atoms with Crippen LogP contribution >= 0.6 is 11.3 Å². The Bertz CT molecular complexity index is 1020. The van der Waals surface area contributed by atoms with Crippen LogP contribution in [0.4, 0.5) is 0 Å². The smallest absolute Gasteiger partial charge is 0.271 e. The topological polar surface area (TPSA) is 120 Å². The highest BCUT2D eigenvalue weighted by Gasteiger charge is 2.13.